The lowest BCUT2D eigenvalue weighted by molar-refractivity contribution is 0.0794. The molecule has 2 N–H and O–H groups in total. The van der Waals surface area contributed by atoms with E-state index in [0.29, 0.717) is 17.8 Å². The first-order valence-corrected chi connectivity index (χ1v) is 8.07. The lowest BCUT2D eigenvalue weighted by atomic mass is 10.1. The molecule has 3 amide bonds. The molecule has 1 saturated heterocycles. The van der Waals surface area contributed by atoms with Gasteiger partial charge in [0.05, 0.1) is 11.3 Å². The van der Waals surface area contributed by atoms with E-state index in [9.17, 15) is 9.59 Å². The standard InChI is InChI=1S/C17H25N3O2/c1-3-4-10-18-17(22)19-15-13(2)8-7-9-14(15)16(21)20-11-5-6-12-20/h7-9H,3-6,10-12H2,1-2H3,(H2,18,19,22). The van der Waals surface area contributed by atoms with Crippen LogP contribution in [0.4, 0.5) is 10.5 Å². The number of hydrogen-bond donors (Lipinski definition) is 2. The summed E-state index contributed by atoms with van der Waals surface area (Å²) in [5, 5.41) is 5.66. The van der Waals surface area contributed by atoms with E-state index in [1.54, 1.807) is 6.07 Å². The zero-order chi connectivity index (χ0) is 15.9. The average Bonchev–Trinajstić information content (AvgIpc) is 3.03. The van der Waals surface area contributed by atoms with Gasteiger partial charge in [-0.2, -0.15) is 0 Å². The summed E-state index contributed by atoms with van der Waals surface area (Å²) in [6.07, 6.45) is 4.08. The molecule has 1 fully saturated rings. The number of amides is 3. The fraction of sp³-hybridized carbons (Fsp3) is 0.529. The molecule has 120 valence electrons. The first-order chi connectivity index (χ1) is 10.6. The first kappa shape index (κ1) is 16.3. The van der Waals surface area contributed by atoms with E-state index >= 15 is 0 Å². The minimum Gasteiger partial charge on any atom is -0.339 e. The third kappa shape index (κ3) is 4.00. The number of urea groups is 1. The maximum atomic E-state index is 12.6. The molecule has 1 aliphatic heterocycles. The highest BCUT2D eigenvalue weighted by atomic mass is 16.2. The van der Waals surface area contributed by atoms with Gasteiger partial charge in [0.25, 0.3) is 5.91 Å². The maximum Gasteiger partial charge on any atom is 0.319 e. The van der Waals surface area contributed by atoms with Crippen molar-refractivity contribution in [1.82, 2.24) is 10.2 Å². The van der Waals surface area contributed by atoms with Crippen LogP contribution in [0.5, 0.6) is 0 Å². The largest absolute Gasteiger partial charge is 0.339 e. The number of aryl methyl sites for hydroxylation is 1. The van der Waals surface area contributed by atoms with E-state index in [0.717, 1.165) is 44.3 Å². The second kappa shape index (κ2) is 7.82. The molecule has 0 unspecified atom stereocenters. The molecule has 1 aromatic rings. The van der Waals surface area contributed by atoms with Crippen molar-refractivity contribution in [2.45, 2.75) is 39.5 Å². The van der Waals surface area contributed by atoms with Gasteiger partial charge in [0.1, 0.15) is 0 Å². The molecule has 5 heteroatoms. The quantitative estimate of drug-likeness (QED) is 0.821. The lowest BCUT2D eigenvalue weighted by Gasteiger charge is -2.19. The van der Waals surface area contributed by atoms with Gasteiger partial charge in [0, 0.05) is 19.6 Å². The van der Waals surface area contributed by atoms with Crippen LogP contribution in [-0.4, -0.2) is 36.5 Å². The van der Waals surface area contributed by atoms with Crippen molar-refractivity contribution in [3.8, 4) is 0 Å². The van der Waals surface area contributed by atoms with Gasteiger partial charge >= 0.3 is 6.03 Å². The van der Waals surface area contributed by atoms with Gasteiger partial charge in [-0.25, -0.2) is 4.79 Å². The Hall–Kier alpha value is -2.04. The van der Waals surface area contributed by atoms with Crippen LogP contribution in [0.1, 0.15) is 48.5 Å². The second-order valence-corrected chi connectivity index (χ2v) is 5.73. The molecule has 1 heterocycles. The van der Waals surface area contributed by atoms with Crippen LogP contribution in [-0.2, 0) is 0 Å². The summed E-state index contributed by atoms with van der Waals surface area (Å²) in [4.78, 5) is 26.5. The molecular formula is C17H25N3O2. The lowest BCUT2D eigenvalue weighted by Crippen LogP contribution is -2.32. The summed E-state index contributed by atoms with van der Waals surface area (Å²) >= 11 is 0. The van der Waals surface area contributed by atoms with Crippen LogP contribution in [0.15, 0.2) is 18.2 Å². The number of carbonyl (C=O) groups excluding carboxylic acids is 2. The minimum absolute atomic E-state index is 0.00468. The molecule has 0 bridgehead atoms. The van der Waals surface area contributed by atoms with Crippen molar-refractivity contribution in [2.75, 3.05) is 25.0 Å². The van der Waals surface area contributed by atoms with E-state index in [4.69, 9.17) is 0 Å². The minimum atomic E-state index is -0.252. The summed E-state index contributed by atoms with van der Waals surface area (Å²) in [6.45, 7) is 6.23. The van der Waals surface area contributed by atoms with Crippen LogP contribution >= 0.6 is 0 Å². The Morgan fingerprint density at radius 1 is 1.23 bits per heavy atom. The fourth-order valence-electron chi connectivity index (χ4n) is 2.64. The molecule has 0 aromatic heterocycles. The number of anilines is 1. The maximum absolute atomic E-state index is 12.6. The molecule has 1 aliphatic rings. The molecule has 0 spiro atoms. The predicted molar refractivity (Wildman–Crippen MR) is 88.2 cm³/mol. The number of benzene rings is 1. The highest BCUT2D eigenvalue weighted by Crippen LogP contribution is 2.23. The Bertz CT molecular complexity index is 537. The van der Waals surface area contributed by atoms with E-state index in [2.05, 4.69) is 17.6 Å². The smallest absolute Gasteiger partial charge is 0.319 e. The topological polar surface area (TPSA) is 61.4 Å². The molecule has 5 nitrogen and oxygen atoms in total. The van der Waals surface area contributed by atoms with Gasteiger partial charge in [-0.05, 0) is 37.8 Å². The fourth-order valence-corrected chi connectivity index (χ4v) is 2.64. The summed E-state index contributed by atoms with van der Waals surface area (Å²) < 4.78 is 0. The molecule has 22 heavy (non-hydrogen) atoms. The average molecular weight is 303 g/mol. The van der Waals surface area contributed by atoms with E-state index in [1.165, 1.54) is 0 Å². The van der Waals surface area contributed by atoms with Gasteiger partial charge in [-0.15, -0.1) is 0 Å². The van der Waals surface area contributed by atoms with Gasteiger partial charge in [-0.3, -0.25) is 4.79 Å². The van der Waals surface area contributed by atoms with E-state index < -0.39 is 0 Å². The summed E-state index contributed by atoms with van der Waals surface area (Å²) in [7, 11) is 0. The number of carbonyl (C=O) groups is 2. The number of likely N-dealkylation sites (tertiary alicyclic amines) is 1. The van der Waals surface area contributed by atoms with Crippen molar-refractivity contribution < 1.29 is 9.59 Å². The summed E-state index contributed by atoms with van der Waals surface area (Å²) in [5.74, 6) is 0.00468. The SMILES string of the molecule is CCCCNC(=O)Nc1c(C)cccc1C(=O)N1CCCC1. The summed E-state index contributed by atoms with van der Waals surface area (Å²) in [5.41, 5.74) is 2.09. The highest BCUT2D eigenvalue weighted by Gasteiger charge is 2.23. The number of para-hydroxylation sites is 1. The Balaban J connectivity index is 2.12. The molecule has 2 rings (SSSR count). The van der Waals surface area contributed by atoms with Gasteiger partial charge in [0.2, 0.25) is 0 Å². The number of rotatable bonds is 5. The van der Waals surface area contributed by atoms with Crippen molar-refractivity contribution in [3.05, 3.63) is 29.3 Å². The Morgan fingerprint density at radius 3 is 2.64 bits per heavy atom. The monoisotopic (exact) mass is 303 g/mol. The van der Waals surface area contributed by atoms with Crippen LogP contribution < -0.4 is 10.6 Å². The number of hydrogen-bond acceptors (Lipinski definition) is 2. The zero-order valence-electron chi connectivity index (χ0n) is 13.4. The van der Waals surface area contributed by atoms with Crippen LogP contribution in [0.2, 0.25) is 0 Å². The van der Waals surface area contributed by atoms with E-state index in [1.807, 2.05) is 24.0 Å². The van der Waals surface area contributed by atoms with Gasteiger partial charge in [-0.1, -0.05) is 25.5 Å². The Morgan fingerprint density at radius 2 is 1.95 bits per heavy atom. The zero-order valence-corrected chi connectivity index (χ0v) is 13.4. The third-order valence-electron chi connectivity index (χ3n) is 3.95. The van der Waals surface area contributed by atoms with Crippen LogP contribution in [0.3, 0.4) is 0 Å². The van der Waals surface area contributed by atoms with Crippen molar-refractivity contribution >= 4 is 17.6 Å². The predicted octanol–water partition coefficient (Wildman–Crippen LogP) is 3.15. The third-order valence-corrected chi connectivity index (χ3v) is 3.95. The second-order valence-electron chi connectivity index (χ2n) is 5.73. The van der Waals surface area contributed by atoms with Crippen LogP contribution in [0, 0.1) is 6.92 Å². The number of nitrogens with zero attached hydrogens (tertiary/aromatic N) is 1. The van der Waals surface area contributed by atoms with E-state index in [-0.39, 0.29) is 11.9 Å². The van der Waals surface area contributed by atoms with Gasteiger partial charge in [0.15, 0.2) is 0 Å². The molecule has 0 saturated carbocycles. The van der Waals surface area contributed by atoms with Crippen molar-refractivity contribution in [1.29, 1.82) is 0 Å². The molecule has 1 aromatic carbocycles. The molecule has 0 atom stereocenters. The normalized spacial score (nSPS) is 14.0. The molecule has 0 radical (unpaired) electrons. The Kier molecular flexibility index (Phi) is 5.81. The molecular weight excluding hydrogens is 278 g/mol. The highest BCUT2D eigenvalue weighted by molar-refractivity contribution is 6.04. The van der Waals surface area contributed by atoms with Crippen molar-refractivity contribution in [2.24, 2.45) is 0 Å². The van der Waals surface area contributed by atoms with Gasteiger partial charge < -0.3 is 15.5 Å². The first-order valence-electron chi connectivity index (χ1n) is 8.07. The number of unbranched alkanes of at least 4 members (excludes halogenated alkanes) is 1. The number of nitrogens with one attached hydrogen (secondary N) is 2. The van der Waals surface area contributed by atoms with Crippen molar-refractivity contribution in [3.63, 3.8) is 0 Å². The summed E-state index contributed by atoms with van der Waals surface area (Å²) in [6, 6.07) is 5.30. The van der Waals surface area contributed by atoms with Crippen LogP contribution in [0.25, 0.3) is 0 Å². The molecule has 0 aliphatic carbocycles. The Labute approximate surface area is 132 Å².